The SMILES string of the molecule is O=C(CCc1c[nH]c2ccccc12)Nc1cccc(NC(=O)C2CC2)c1. The van der Waals surface area contributed by atoms with E-state index < -0.39 is 0 Å². The molecule has 1 aliphatic carbocycles. The fourth-order valence-corrected chi connectivity index (χ4v) is 3.07. The topological polar surface area (TPSA) is 74.0 Å². The molecule has 4 rings (SSSR count). The van der Waals surface area contributed by atoms with Crippen LogP contribution in [0.15, 0.2) is 54.7 Å². The Bertz CT molecular complexity index is 957. The number of aromatic nitrogens is 1. The monoisotopic (exact) mass is 347 g/mol. The highest BCUT2D eigenvalue weighted by atomic mass is 16.2. The highest BCUT2D eigenvalue weighted by Crippen LogP contribution is 2.30. The first-order valence-corrected chi connectivity index (χ1v) is 8.95. The predicted molar refractivity (Wildman–Crippen MR) is 103 cm³/mol. The van der Waals surface area contributed by atoms with E-state index in [4.69, 9.17) is 0 Å². The smallest absolute Gasteiger partial charge is 0.227 e. The zero-order valence-corrected chi connectivity index (χ0v) is 14.4. The van der Waals surface area contributed by atoms with Crippen molar-refractivity contribution in [1.82, 2.24) is 4.98 Å². The van der Waals surface area contributed by atoms with Crippen LogP contribution in [-0.2, 0) is 16.0 Å². The average molecular weight is 347 g/mol. The Morgan fingerprint density at radius 3 is 2.58 bits per heavy atom. The predicted octanol–water partition coefficient (Wildman–Crippen LogP) is 4.09. The van der Waals surface area contributed by atoms with Gasteiger partial charge in [-0.1, -0.05) is 24.3 Å². The van der Waals surface area contributed by atoms with E-state index in [1.54, 1.807) is 6.07 Å². The number of carbonyl (C=O) groups is 2. The minimum Gasteiger partial charge on any atom is -0.361 e. The van der Waals surface area contributed by atoms with E-state index in [0.717, 1.165) is 35.0 Å². The van der Waals surface area contributed by atoms with Crippen LogP contribution in [0.5, 0.6) is 0 Å². The van der Waals surface area contributed by atoms with Crippen LogP contribution in [0.25, 0.3) is 10.9 Å². The van der Waals surface area contributed by atoms with Crippen molar-refractivity contribution >= 4 is 34.1 Å². The number of aryl methyl sites for hydroxylation is 1. The molecule has 0 unspecified atom stereocenters. The van der Waals surface area contributed by atoms with Gasteiger partial charge < -0.3 is 15.6 Å². The molecule has 1 fully saturated rings. The highest BCUT2D eigenvalue weighted by Gasteiger charge is 2.29. The second kappa shape index (κ2) is 7.04. The lowest BCUT2D eigenvalue weighted by molar-refractivity contribution is -0.117. The molecule has 3 aromatic rings. The lowest BCUT2D eigenvalue weighted by Crippen LogP contribution is -2.15. The van der Waals surface area contributed by atoms with Gasteiger partial charge in [0, 0.05) is 40.8 Å². The van der Waals surface area contributed by atoms with E-state index in [9.17, 15) is 9.59 Å². The zero-order chi connectivity index (χ0) is 17.9. The van der Waals surface area contributed by atoms with Crippen molar-refractivity contribution in [2.45, 2.75) is 25.7 Å². The molecule has 2 aromatic carbocycles. The highest BCUT2D eigenvalue weighted by molar-refractivity contribution is 5.96. The number of aromatic amines is 1. The Morgan fingerprint density at radius 1 is 1.00 bits per heavy atom. The third-order valence-corrected chi connectivity index (χ3v) is 4.66. The molecular formula is C21H21N3O2. The third kappa shape index (κ3) is 3.77. The van der Waals surface area contributed by atoms with Crippen LogP contribution in [0, 0.1) is 5.92 Å². The minimum absolute atomic E-state index is 0.0408. The van der Waals surface area contributed by atoms with Crippen molar-refractivity contribution in [2.24, 2.45) is 5.92 Å². The molecule has 5 nitrogen and oxygen atoms in total. The Labute approximate surface area is 151 Å². The van der Waals surface area contributed by atoms with Crippen LogP contribution >= 0.6 is 0 Å². The second-order valence-corrected chi connectivity index (χ2v) is 6.75. The Kier molecular flexibility index (Phi) is 4.44. The largest absolute Gasteiger partial charge is 0.361 e. The molecule has 0 atom stereocenters. The number of para-hydroxylation sites is 1. The van der Waals surface area contributed by atoms with Crippen molar-refractivity contribution in [3.8, 4) is 0 Å². The minimum atomic E-state index is -0.0408. The van der Waals surface area contributed by atoms with Crippen LogP contribution in [-0.4, -0.2) is 16.8 Å². The first kappa shape index (κ1) is 16.4. The van der Waals surface area contributed by atoms with E-state index in [2.05, 4.69) is 21.7 Å². The number of fused-ring (bicyclic) bond motifs is 1. The molecule has 2 amide bonds. The van der Waals surface area contributed by atoms with Crippen molar-refractivity contribution in [3.63, 3.8) is 0 Å². The van der Waals surface area contributed by atoms with Crippen LogP contribution in [0.3, 0.4) is 0 Å². The molecule has 0 aliphatic heterocycles. The fraction of sp³-hybridized carbons (Fsp3) is 0.238. The number of amides is 2. The molecule has 0 radical (unpaired) electrons. The fourth-order valence-electron chi connectivity index (χ4n) is 3.07. The molecule has 1 aromatic heterocycles. The Balaban J connectivity index is 1.35. The van der Waals surface area contributed by atoms with Crippen LogP contribution in [0.4, 0.5) is 11.4 Å². The summed E-state index contributed by atoms with van der Waals surface area (Å²) in [5, 5.41) is 6.97. The van der Waals surface area contributed by atoms with Crippen LogP contribution < -0.4 is 10.6 Å². The number of carbonyl (C=O) groups excluding carboxylic acids is 2. The van der Waals surface area contributed by atoms with Crippen molar-refractivity contribution in [1.29, 1.82) is 0 Å². The first-order chi connectivity index (χ1) is 12.7. The lowest BCUT2D eigenvalue weighted by atomic mass is 10.1. The summed E-state index contributed by atoms with van der Waals surface area (Å²) in [6.45, 7) is 0. The van der Waals surface area contributed by atoms with Gasteiger partial charge in [-0.3, -0.25) is 9.59 Å². The summed E-state index contributed by atoms with van der Waals surface area (Å²) >= 11 is 0. The maximum absolute atomic E-state index is 12.3. The Morgan fingerprint density at radius 2 is 1.77 bits per heavy atom. The molecular weight excluding hydrogens is 326 g/mol. The molecule has 0 saturated heterocycles. The lowest BCUT2D eigenvalue weighted by Gasteiger charge is -2.08. The molecule has 0 spiro atoms. The van der Waals surface area contributed by atoms with Crippen molar-refractivity contribution < 1.29 is 9.59 Å². The molecule has 1 aliphatic rings. The van der Waals surface area contributed by atoms with E-state index in [1.165, 1.54) is 0 Å². The van der Waals surface area contributed by atoms with Crippen molar-refractivity contribution in [3.05, 3.63) is 60.3 Å². The number of nitrogens with one attached hydrogen (secondary N) is 3. The second-order valence-electron chi connectivity index (χ2n) is 6.75. The van der Waals surface area contributed by atoms with Gasteiger partial charge in [-0.15, -0.1) is 0 Å². The molecule has 1 saturated carbocycles. The molecule has 3 N–H and O–H groups in total. The van der Waals surface area contributed by atoms with Gasteiger partial charge in [0.05, 0.1) is 0 Å². The van der Waals surface area contributed by atoms with Gasteiger partial charge >= 0.3 is 0 Å². The van der Waals surface area contributed by atoms with Gasteiger partial charge in [0.15, 0.2) is 0 Å². The molecule has 1 heterocycles. The van der Waals surface area contributed by atoms with E-state index >= 15 is 0 Å². The number of hydrogen-bond acceptors (Lipinski definition) is 2. The number of anilines is 2. The van der Waals surface area contributed by atoms with Gasteiger partial charge in [-0.25, -0.2) is 0 Å². The number of benzene rings is 2. The number of H-pyrrole nitrogens is 1. The van der Waals surface area contributed by atoms with Gasteiger partial charge in [0.2, 0.25) is 11.8 Å². The zero-order valence-electron chi connectivity index (χ0n) is 14.4. The van der Waals surface area contributed by atoms with Gasteiger partial charge in [-0.2, -0.15) is 0 Å². The summed E-state index contributed by atoms with van der Waals surface area (Å²) in [5.41, 5.74) is 3.64. The number of hydrogen-bond donors (Lipinski definition) is 3. The molecule has 5 heteroatoms. The normalized spacial score (nSPS) is 13.5. The molecule has 0 bridgehead atoms. The quantitative estimate of drug-likeness (QED) is 0.628. The molecule has 132 valence electrons. The van der Waals surface area contributed by atoms with Gasteiger partial charge in [0.1, 0.15) is 0 Å². The van der Waals surface area contributed by atoms with E-state index in [-0.39, 0.29) is 17.7 Å². The third-order valence-electron chi connectivity index (χ3n) is 4.66. The number of rotatable bonds is 6. The summed E-state index contributed by atoms with van der Waals surface area (Å²) in [4.78, 5) is 27.4. The van der Waals surface area contributed by atoms with Gasteiger partial charge in [0.25, 0.3) is 0 Å². The maximum Gasteiger partial charge on any atom is 0.227 e. The molecule has 26 heavy (non-hydrogen) atoms. The Hall–Kier alpha value is -3.08. The maximum atomic E-state index is 12.3. The summed E-state index contributed by atoms with van der Waals surface area (Å²) in [6, 6.07) is 15.4. The van der Waals surface area contributed by atoms with Crippen LogP contribution in [0.2, 0.25) is 0 Å². The summed E-state index contributed by atoms with van der Waals surface area (Å²) < 4.78 is 0. The standard InChI is InChI=1S/C21H21N3O2/c25-20(11-10-15-13-22-19-7-2-1-6-18(15)19)23-16-4-3-5-17(12-16)24-21(26)14-8-9-14/h1-7,12-14,22H,8-11H2,(H,23,25)(H,24,26). The van der Waals surface area contributed by atoms with E-state index in [1.807, 2.05) is 42.6 Å². The average Bonchev–Trinajstić information content (AvgIpc) is 3.41. The summed E-state index contributed by atoms with van der Waals surface area (Å²) in [5.74, 6) is 0.179. The van der Waals surface area contributed by atoms with E-state index in [0.29, 0.717) is 18.5 Å². The van der Waals surface area contributed by atoms with Crippen molar-refractivity contribution in [2.75, 3.05) is 10.6 Å². The first-order valence-electron chi connectivity index (χ1n) is 8.95. The van der Waals surface area contributed by atoms with Crippen LogP contribution in [0.1, 0.15) is 24.8 Å². The van der Waals surface area contributed by atoms with Gasteiger partial charge in [-0.05, 0) is 49.1 Å². The summed E-state index contributed by atoms with van der Waals surface area (Å²) in [6.07, 6.45) is 4.98. The summed E-state index contributed by atoms with van der Waals surface area (Å²) in [7, 11) is 0.